The van der Waals surface area contributed by atoms with Gasteiger partial charge in [-0.05, 0) is 56.4 Å². The highest BCUT2D eigenvalue weighted by Gasteiger charge is 2.37. The number of rotatable bonds is 3. The van der Waals surface area contributed by atoms with Gasteiger partial charge in [0.15, 0.2) is 0 Å². The average Bonchev–Trinajstić information content (AvgIpc) is 3.17. The van der Waals surface area contributed by atoms with E-state index < -0.39 is 0 Å². The van der Waals surface area contributed by atoms with E-state index in [1.165, 1.54) is 6.07 Å². The van der Waals surface area contributed by atoms with Gasteiger partial charge in [-0.2, -0.15) is 0 Å². The van der Waals surface area contributed by atoms with E-state index in [0.717, 1.165) is 30.6 Å². The van der Waals surface area contributed by atoms with Gasteiger partial charge in [-0.15, -0.1) is 0 Å². The summed E-state index contributed by atoms with van der Waals surface area (Å²) in [5.41, 5.74) is 8.93. The lowest BCUT2D eigenvalue weighted by Crippen LogP contribution is -2.46. The molecule has 2 N–H and O–H groups in total. The van der Waals surface area contributed by atoms with Crippen molar-refractivity contribution in [2.75, 3.05) is 19.6 Å². The van der Waals surface area contributed by atoms with Crippen LogP contribution in [0.3, 0.4) is 0 Å². The zero-order chi connectivity index (χ0) is 19.7. The minimum absolute atomic E-state index is 0.0220. The molecular weight excluding hydrogens is 357 g/mol. The number of aromatic nitrogens is 2. The fourth-order valence-electron chi connectivity index (χ4n) is 4.47. The van der Waals surface area contributed by atoms with Crippen LogP contribution >= 0.6 is 0 Å². The summed E-state index contributed by atoms with van der Waals surface area (Å²) in [6.45, 7) is 5.89. The molecule has 2 aliphatic heterocycles. The number of piperidine rings is 1. The molecule has 7 heteroatoms. The lowest BCUT2D eigenvalue weighted by atomic mass is 9.80. The third-order valence-corrected chi connectivity index (χ3v) is 5.82. The van der Waals surface area contributed by atoms with Crippen molar-refractivity contribution in [1.29, 1.82) is 0 Å². The van der Waals surface area contributed by atoms with Crippen LogP contribution in [0.1, 0.15) is 46.3 Å². The summed E-state index contributed by atoms with van der Waals surface area (Å²) in [5.74, 6) is 1.07. The number of nitrogens with one attached hydrogen (secondary N) is 2. The molecule has 2 atom stereocenters. The number of nitrogens with zero attached hydrogens (tertiary/aromatic N) is 3. The van der Waals surface area contributed by atoms with Crippen LogP contribution in [0.2, 0.25) is 0 Å². The molecule has 2 saturated heterocycles. The lowest BCUT2D eigenvalue weighted by Gasteiger charge is -2.36. The third kappa shape index (κ3) is 3.91. The average molecular weight is 383 g/mol. The van der Waals surface area contributed by atoms with Gasteiger partial charge in [-0.1, -0.05) is 12.1 Å². The summed E-state index contributed by atoms with van der Waals surface area (Å²) in [5, 5.41) is 0. The molecule has 28 heavy (non-hydrogen) atoms. The van der Waals surface area contributed by atoms with Crippen molar-refractivity contribution in [1.82, 2.24) is 25.7 Å². The van der Waals surface area contributed by atoms with Crippen LogP contribution in [0.15, 0.2) is 30.3 Å². The number of halogens is 1. The molecule has 1 aromatic carbocycles. The third-order valence-electron chi connectivity index (χ3n) is 5.82. The molecule has 6 nitrogen and oxygen atoms in total. The molecule has 2 aromatic rings. The second-order valence-corrected chi connectivity index (χ2v) is 7.78. The van der Waals surface area contributed by atoms with Crippen molar-refractivity contribution in [3.8, 4) is 0 Å². The topological polar surface area (TPSA) is 70.2 Å². The first kappa shape index (κ1) is 19.0. The Morgan fingerprint density at radius 2 is 1.96 bits per heavy atom. The van der Waals surface area contributed by atoms with E-state index in [2.05, 4.69) is 20.8 Å². The molecule has 4 rings (SSSR count). The SMILES string of the molecule is Cc1cc(C(=O)N2CCC(C3NNCC3c3cccc(F)c3)CC2)nc(C)n1. The van der Waals surface area contributed by atoms with Gasteiger partial charge >= 0.3 is 0 Å². The Morgan fingerprint density at radius 3 is 2.68 bits per heavy atom. The predicted octanol–water partition coefficient (Wildman–Crippen LogP) is 2.34. The minimum Gasteiger partial charge on any atom is -0.337 e. The molecule has 2 aliphatic rings. The summed E-state index contributed by atoms with van der Waals surface area (Å²) in [4.78, 5) is 23.3. The van der Waals surface area contributed by atoms with Gasteiger partial charge in [0.2, 0.25) is 0 Å². The van der Waals surface area contributed by atoms with E-state index >= 15 is 0 Å². The summed E-state index contributed by atoms with van der Waals surface area (Å²) in [6, 6.07) is 8.87. The molecule has 3 heterocycles. The Kier molecular flexibility index (Phi) is 5.37. The second kappa shape index (κ2) is 7.93. The van der Waals surface area contributed by atoms with Crippen LogP contribution < -0.4 is 10.9 Å². The number of carbonyl (C=O) groups excluding carboxylic acids is 1. The van der Waals surface area contributed by atoms with Crippen LogP contribution in [0, 0.1) is 25.6 Å². The van der Waals surface area contributed by atoms with Gasteiger partial charge in [0.05, 0.1) is 0 Å². The van der Waals surface area contributed by atoms with Gasteiger partial charge in [0.25, 0.3) is 5.91 Å². The van der Waals surface area contributed by atoms with Crippen LogP contribution in [-0.4, -0.2) is 46.5 Å². The number of hydrogen-bond acceptors (Lipinski definition) is 5. The summed E-state index contributed by atoms with van der Waals surface area (Å²) in [6.07, 6.45) is 1.83. The Hall–Kier alpha value is -2.38. The lowest BCUT2D eigenvalue weighted by molar-refractivity contribution is 0.0663. The number of amides is 1. The van der Waals surface area contributed by atoms with E-state index in [1.807, 2.05) is 17.9 Å². The normalized spacial score (nSPS) is 23.2. The molecule has 0 spiro atoms. The molecule has 2 fully saturated rings. The zero-order valence-electron chi connectivity index (χ0n) is 16.3. The van der Waals surface area contributed by atoms with E-state index in [4.69, 9.17) is 0 Å². The first-order valence-corrected chi connectivity index (χ1v) is 9.86. The van der Waals surface area contributed by atoms with Crippen molar-refractivity contribution in [3.05, 3.63) is 58.9 Å². The molecule has 0 aliphatic carbocycles. The van der Waals surface area contributed by atoms with E-state index in [9.17, 15) is 9.18 Å². The smallest absolute Gasteiger partial charge is 0.272 e. The maximum absolute atomic E-state index is 13.7. The Labute approximate surface area is 164 Å². The number of benzene rings is 1. The number of hydrazine groups is 1. The Bertz CT molecular complexity index is 845. The predicted molar refractivity (Wildman–Crippen MR) is 104 cm³/mol. The quantitative estimate of drug-likeness (QED) is 0.851. The first-order chi connectivity index (χ1) is 13.5. The first-order valence-electron chi connectivity index (χ1n) is 9.86. The molecule has 0 bridgehead atoms. The van der Waals surface area contributed by atoms with Crippen LogP contribution in [0.4, 0.5) is 4.39 Å². The monoisotopic (exact) mass is 383 g/mol. The van der Waals surface area contributed by atoms with Gasteiger partial charge in [0, 0.05) is 37.3 Å². The summed E-state index contributed by atoms with van der Waals surface area (Å²) < 4.78 is 13.7. The summed E-state index contributed by atoms with van der Waals surface area (Å²) >= 11 is 0. The van der Waals surface area contributed by atoms with Crippen molar-refractivity contribution in [2.45, 2.75) is 38.6 Å². The van der Waals surface area contributed by atoms with Crippen LogP contribution in [-0.2, 0) is 0 Å². The number of likely N-dealkylation sites (tertiary alicyclic amines) is 1. The molecule has 1 aromatic heterocycles. The molecule has 0 radical (unpaired) electrons. The van der Waals surface area contributed by atoms with Crippen molar-refractivity contribution in [3.63, 3.8) is 0 Å². The van der Waals surface area contributed by atoms with E-state index in [1.54, 1.807) is 25.1 Å². The van der Waals surface area contributed by atoms with Crippen molar-refractivity contribution in [2.24, 2.45) is 5.92 Å². The summed E-state index contributed by atoms with van der Waals surface area (Å²) in [7, 11) is 0. The number of hydrogen-bond donors (Lipinski definition) is 2. The molecule has 1 amide bonds. The van der Waals surface area contributed by atoms with Crippen molar-refractivity contribution >= 4 is 5.91 Å². The molecule has 2 unspecified atom stereocenters. The molecule has 0 saturated carbocycles. The largest absolute Gasteiger partial charge is 0.337 e. The van der Waals surface area contributed by atoms with Gasteiger partial charge in [-0.3, -0.25) is 15.6 Å². The second-order valence-electron chi connectivity index (χ2n) is 7.78. The Balaban J connectivity index is 1.41. The van der Waals surface area contributed by atoms with Crippen LogP contribution in [0.5, 0.6) is 0 Å². The van der Waals surface area contributed by atoms with Gasteiger partial charge in [-0.25, -0.2) is 14.4 Å². The molecular formula is C21H26FN5O. The standard InChI is InChI=1S/C21H26FN5O/c1-13-10-19(25-14(2)24-13)21(28)27-8-6-15(7-9-27)20-18(12-23-26-20)16-4-3-5-17(22)11-16/h3-5,10-11,15,18,20,23,26H,6-9,12H2,1-2H3. The van der Waals surface area contributed by atoms with Crippen molar-refractivity contribution < 1.29 is 9.18 Å². The number of aryl methyl sites for hydroxylation is 2. The molecule has 148 valence electrons. The minimum atomic E-state index is -0.195. The van der Waals surface area contributed by atoms with Gasteiger partial charge < -0.3 is 4.90 Å². The van der Waals surface area contributed by atoms with Gasteiger partial charge in [0.1, 0.15) is 17.3 Å². The fraction of sp³-hybridized carbons (Fsp3) is 0.476. The highest BCUT2D eigenvalue weighted by atomic mass is 19.1. The maximum atomic E-state index is 13.7. The fourth-order valence-corrected chi connectivity index (χ4v) is 4.47. The number of carbonyl (C=O) groups is 1. The highest BCUT2D eigenvalue weighted by molar-refractivity contribution is 5.92. The van der Waals surface area contributed by atoms with E-state index in [0.29, 0.717) is 30.5 Å². The van der Waals surface area contributed by atoms with Crippen LogP contribution in [0.25, 0.3) is 0 Å². The van der Waals surface area contributed by atoms with E-state index in [-0.39, 0.29) is 23.7 Å². The highest BCUT2D eigenvalue weighted by Crippen LogP contribution is 2.32. The zero-order valence-corrected chi connectivity index (χ0v) is 16.3. The maximum Gasteiger partial charge on any atom is 0.272 e. The Morgan fingerprint density at radius 1 is 1.18 bits per heavy atom.